The molecule has 0 atom stereocenters. The molecule has 2 aromatic carbocycles. The Hall–Kier alpha value is -2.94. The molecular weight excluding hydrogens is 334 g/mol. The molecular formula is C24H21NO2. The zero-order valence-corrected chi connectivity index (χ0v) is 15.6. The Morgan fingerprint density at radius 3 is 2.26 bits per heavy atom. The highest BCUT2D eigenvalue weighted by molar-refractivity contribution is 6.26. The van der Waals surface area contributed by atoms with Gasteiger partial charge in [-0.1, -0.05) is 68.4 Å². The molecule has 3 heteroatoms. The summed E-state index contributed by atoms with van der Waals surface area (Å²) in [5.74, 6) is 0.0992. The van der Waals surface area contributed by atoms with Gasteiger partial charge in [0.1, 0.15) is 0 Å². The van der Waals surface area contributed by atoms with Crippen molar-refractivity contribution in [2.24, 2.45) is 5.41 Å². The molecule has 0 spiro atoms. The molecule has 0 N–H and O–H groups in total. The van der Waals surface area contributed by atoms with E-state index in [1.165, 1.54) is 5.56 Å². The highest BCUT2D eigenvalue weighted by atomic mass is 16.1. The van der Waals surface area contributed by atoms with Gasteiger partial charge in [0.15, 0.2) is 11.6 Å². The van der Waals surface area contributed by atoms with Gasteiger partial charge >= 0.3 is 0 Å². The number of aromatic nitrogens is 1. The van der Waals surface area contributed by atoms with Crippen molar-refractivity contribution in [3.63, 3.8) is 0 Å². The van der Waals surface area contributed by atoms with Crippen LogP contribution in [0.4, 0.5) is 0 Å². The van der Waals surface area contributed by atoms with Crippen molar-refractivity contribution in [1.82, 2.24) is 4.57 Å². The Kier molecular flexibility index (Phi) is 3.33. The van der Waals surface area contributed by atoms with Crippen molar-refractivity contribution in [1.29, 1.82) is 0 Å². The second kappa shape index (κ2) is 5.53. The fraction of sp³-hybridized carbons (Fsp3) is 0.250. The quantitative estimate of drug-likeness (QED) is 0.513. The van der Waals surface area contributed by atoms with Crippen LogP contribution in [0.15, 0.2) is 54.6 Å². The average Bonchev–Trinajstić information content (AvgIpc) is 3.10. The predicted molar refractivity (Wildman–Crippen MR) is 105 cm³/mol. The average molecular weight is 355 g/mol. The van der Waals surface area contributed by atoms with E-state index < -0.39 is 0 Å². The number of Topliss-reactive ketones (excluding diaryl/α,β-unsaturated/α-hetero) is 1. The van der Waals surface area contributed by atoms with Crippen LogP contribution in [0.1, 0.15) is 57.8 Å². The number of carbonyl (C=O) groups excluding carboxylic acids is 2. The maximum atomic E-state index is 13.2. The minimum atomic E-state index is -0.0901. The molecule has 1 heterocycles. The molecule has 1 aromatic heterocycles. The number of hydrogen-bond acceptors (Lipinski definition) is 2. The Bertz CT molecular complexity index is 1100. The molecule has 0 fully saturated rings. The van der Waals surface area contributed by atoms with Crippen LogP contribution in [0.2, 0.25) is 0 Å². The number of nitrogens with zero attached hydrogens (tertiary/aromatic N) is 1. The van der Waals surface area contributed by atoms with Gasteiger partial charge < -0.3 is 4.57 Å². The molecule has 0 saturated carbocycles. The summed E-state index contributed by atoms with van der Waals surface area (Å²) < 4.78 is 2.22. The molecule has 3 nitrogen and oxygen atoms in total. The van der Waals surface area contributed by atoms with Crippen molar-refractivity contribution in [2.75, 3.05) is 0 Å². The first-order valence-corrected chi connectivity index (χ1v) is 9.43. The van der Waals surface area contributed by atoms with Crippen molar-refractivity contribution in [3.8, 4) is 11.3 Å². The Morgan fingerprint density at radius 1 is 0.852 bits per heavy atom. The summed E-state index contributed by atoms with van der Waals surface area (Å²) in [6, 6.07) is 18.0. The first-order chi connectivity index (χ1) is 13.0. The topological polar surface area (TPSA) is 39.1 Å². The molecule has 134 valence electrons. The molecule has 2 aliphatic rings. The molecule has 0 radical (unpaired) electrons. The Balaban J connectivity index is 1.80. The number of ketones is 2. The van der Waals surface area contributed by atoms with Crippen LogP contribution in [-0.4, -0.2) is 16.1 Å². The minimum Gasteiger partial charge on any atom is -0.339 e. The van der Waals surface area contributed by atoms with Crippen LogP contribution >= 0.6 is 0 Å². The van der Waals surface area contributed by atoms with E-state index in [-0.39, 0.29) is 17.0 Å². The van der Waals surface area contributed by atoms with E-state index in [2.05, 4.69) is 30.5 Å². The summed E-state index contributed by atoms with van der Waals surface area (Å²) in [5, 5.41) is 0. The van der Waals surface area contributed by atoms with Gasteiger partial charge in [0.25, 0.3) is 0 Å². The van der Waals surface area contributed by atoms with Crippen LogP contribution in [-0.2, 0) is 13.0 Å². The van der Waals surface area contributed by atoms with Gasteiger partial charge in [-0.25, -0.2) is 0 Å². The normalized spacial score (nSPS) is 16.8. The van der Waals surface area contributed by atoms with Crippen molar-refractivity contribution in [2.45, 2.75) is 33.2 Å². The molecule has 3 aromatic rings. The Morgan fingerprint density at radius 2 is 1.52 bits per heavy atom. The summed E-state index contributed by atoms with van der Waals surface area (Å²) in [6.45, 7) is 4.94. The van der Waals surface area contributed by atoms with E-state index in [0.29, 0.717) is 29.7 Å². The minimum absolute atomic E-state index is 0.00304. The van der Waals surface area contributed by atoms with Gasteiger partial charge in [0.05, 0.1) is 16.8 Å². The fourth-order valence-electron chi connectivity index (χ4n) is 4.65. The van der Waals surface area contributed by atoms with E-state index in [1.807, 2.05) is 42.5 Å². The summed E-state index contributed by atoms with van der Waals surface area (Å²) >= 11 is 0. The Labute approximate surface area is 158 Å². The van der Waals surface area contributed by atoms with Crippen LogP contribution in [0, 0.1) is 5.41 Å². The number of carbonyl (C=O) groups is 2. The molecule has 0 bridgehead atoms. The summed E-state index contributed by atoms with van der Waals surface area (Å²) in [7, 11) is 0. The standard InChI is InChI=1S/C24H21NO2/c1-24(2)12-18-20(19(26)13-24)21-22(16-10-6-7-11-17(16)23(21)27)25(18)14-15-8-4-3-5-9-15/h3-11H,12-14H2,1-2H3. The lowest BCUT2D eigenvalue weighted by Crippen LogP contribution is -2.29. The number of benzene rings is 2. The highest BCUT2D eigenvalue weighted by Gasteiger charge is 2.42. The predicted octanol–water partition coefficient (Wildman–Crippen LogP) is 4.90. The smallest absolute Gasteiger partial charge is 0.196 e. The monoisotopic (exact) mass is 355 g/mol. The lowest BCUT2D eigenvalue weighted by molar-refractivity contribution is 0.0901. The third-order valence-electron chi connectivity index (χ3n) is 5.77. The third kappa shape index (κ3) is 2.34. The molecule has 0 amide bonds. The second-order valence-corrected chi connectivity index (χ2v) is 8.43. The van der Waals surface area contributed by atoms with E-state index >= 15 is 0 Å². The van der Waals surface area contributed by atoms with E-state index in [1.54, 1.807) is 0 Å². The van der Waals surface area contributed by atoms with Crippen LogP contribution in [0.25, 0.3) is 11.3 Å². The lowest BCUT2D eigenvalue weighted by Gasteiger charge is -2.30. The largest absolute Gasteiger partial charge is 0.339 e. The summed E-state index contributed by atoms with van der Waals surface area (Å²) in [5.41, 5.74) is 5.99. The first-order valence-electron chi connectivity index (χ1n) is 9.43. The molecule has 2 aliphatic carbocycles. The van der Waals surface area contributed by atoms with Crippen LogP contribution in [0.5, 0.6) is 0 Å². The molecule has 27 heavy (non-hydrogen) atoms. The summed E-state index contributed by atoms with van der Waals surface area (Å²) in [4.78, 5) is 26.2. The summed E-state index contributed by atoms with van der Waals surface area (Å²) in [6.07, 6.45) is 1.30. The highest BCUT2D eigenvalue weighted by Crippen LogP contribution is 2.46. The van der Waals surface area contributed by atoms with Gasteiger partial charge in [-0.05, 0) is 17.4 Å². The molecule has 0 aliphatic heterocycles. The van der Waals surface area contributed by atoms with Crippen LogP contribution in [0.3, 0.4) is 0 Å². The maximum Gasteiger partial charge on any atom is 0.196 e. The molecule has 0 saturated heterocycles. The molecule has 5 rings (SSSR count). The zero-order valence-electron chi connectivity index (χ0n) is 15.6. The first kappa shape index (κ1) is 16.2. The van der Waals surface area contributed by atoms with Crippen molar-refractivity contribution < 1.29 is 9.59 Å². The number of fused-ring (bicyclic) bond motifs is 5. The van der Waals surface area contributed by atoms with Gasteiger partial charge in [0.2, 0.25) is 0 Å². The third-order valence-corrected chi connectivity index (χ3v) is 5.77. The zero-order chi connectivity index (χ0) is 18.8. The lowest BCUT2D eigenvalue weighted by atomic mass is 9.75. The van der Waals surface area contributed by atoms with Gasteiger partial charge in [-0.2, -0.15) is 0 Å². The number of rotatable bonds is 2. The number of hydrogen-bond donors (Lipinski definition) is 0. The van der Waals surface area contributed by atoms with Gasteiger partial charge in [-0.3, -0.25) is 9.59 Å². The van der Waals surface area contributed by atoms with Crippen LogP contribution < -0.4 is 0 Å². The van der Waals surface area contributed by atoms with Crippen molar-refractivity contribution in [3.05, 3.63) is 82.5 Å². The van der Waals surface area contributed by atoms with E-state index in [9.17, 15) is 9.59 Å². The van der Waals surface area contributed by atoms with Gasteiger partial charge in [0, 0.05) is 29.8 Å². The van der Waals surface area contributed by atoms with E-state index in [0.717, 1.165) is 23.4 Å². The van der Waals surface area contributed by atoms with E-state index in [4.69, 9.17) is 0 Å². The van der Waals surface area contributed by atoms with Crippen molar-refractivity contribution >= 4 is 11.6 Å². The molecule has 0 unspecified atom stereocenters. The SMILES string of the molecule is CC1(C)CC(=O)c2c3c(n(Cc4ccccc4)c2C1)-c1ccccc1C3=O. The fourth-order valence-corrected chi connectivity index (χ4v) is 4.65. The van der Waals surface area contributed by atoms with Gasteiger partial charge in [-0.15, -0.1) is 0 Å². The maximum absolute atomic E-state index is 13.2. The second-order valence-electron chi connectivity index (χ2n) is 8.43.